The lowest BCUT2D eigenvalue weighted by Crippen LogP contribution is -2.63. The normalized spacial score (nSPS) is 48.9. The number of ether oxygens (including phenoxy) is 1. The van der Waals surface area contributed by atoms with E-state index >= 15 is 0 Å². The molecular weight excluding hydrogens is 448 g/mol. The van der Waals surface area contributed by atoms with Gasteiger partial charge in [0.2, 0.25) is 0 Å². The van der Waals surface area contributed by atoms with Gasteiger partial charge in [0, 0.05) is 19.1 Å². The molecule has 4 saturated carbocycles. The Morgan fingerprint density at radius 2 is 1.76 bits per heavy atom. The third kappa shape index (κ3) is 4.15. The van der Waals surface area contributed by atoms with Crippen LogP contribution in [0.1, 0.15) is 79.1 Å². The minimum atomic E-state index is -3.52. The maximum absolute atomic E-state index is 12.3. The molecule has 0 amide bonds. The molecule has 6 nitrogen and oxygen atoms in total. The number of rotatable bonds is 3. The molecule has 1 heterocycles. The first-order chi connectivity index (χ1) is 15.9. The molecule has 0 radical (unpaired) electrons. The zero-order chi connectivity index (χ0) is 24.5. The van der Waals surface area contributed by atoms with E-state index in [4.69, 9.17) is 8.92 Å². The summed E-state index contributed by atoms with van der Waals surface area (Å²) in [7, 11) is -3.52. The van der Waals surface area contributed by atoms with E-state index in [9.17, 15) is 13.7 Å². The number of nitriles is 1. The van der Waals surface area contributed by atoms with Crippen molar-refractivity contribution in [1.29, 1.82) is 5.26 Å². The molecule has 5 aliphatic rings. The predicted molar refractivity (Wildman–Crippen MR) is 131 cm³/mol. The third-order valence-electron chi connectivity index (χ3n) is 11.0. The monoisotopic (exact) mass is 492 g/mol. The molecule has 1 saturated heterocycles. The van der Waals surface area contributed by atoms with Gasteiger partial charge in [0.05, 0.1) is 36.6 Å². The Hall–Kier alpha value is -0.680. The summed E-state index contributed by atoms with van der Waals surface area (Å²) in [5, 5.41) is 9.82. The highest BCUT2D eigenvalue weighted by atomic mass is 32.2. The van der Waals surface area contributed by atoms with Crippen LogP contribution < -0.4 is 0 Å². The average Bonchev–Trinajstić information content (AvgIpc) is 3.08. The highest BCUT2D eigenvalue weighted by Gasteiger charge is 2.62. The minimum absolute atomic E-state index is 0.0987. The van der Waals surface area contributed by atoms with E-state index in [-0.39, 0.29) is 34.5 Å². The molecule has 34 heavy (non-hydrogen) atoms. The molecule has 1 aliphatic heterocycles. The van der Waals surface area contributed by atoms with Gasteiger partial charge in [0.15, 0.2) is 0 Å². The second kappa shape index (κ2) is 8.43. The maximum Gasteiger partial charge on any atom is 0.264 e. The van der Waals surface area contributed by atoms with Gasteiger partial charge in [-0.1, -0.05) is 13.8 Å². The van der Waals surface area contributed by atoms with Gasteiger partial charge < -0.3 is 4.74 Å². The zero-order valence-corrected chi connectivity index (χ0v) is 22.6. The van der Waals surface area contributed by atoms with Crippen molar-refractivity contribution in [2.75, 3.05) is 26.0 Å². The standard InChI is InChI=1S/C27H44N2O4S/c1-25(2)17-29(12-13-32-25)23-15-27(4)18(14-24(23)33-34(5,30)31)6-8-20-21-9-7-19(16-28)26(21,3)11-10-22(20)27/h18-24H,6-15,17H2,1-5H3/t18-,19+,20-,21-,22-,23-,24-,26+,27-/m0/s1. The highest BCUT2D eigenvalue weighted by molar-refractivity contribution is 7.86. The van der Waals surface area contributed by atoms with E-state index in [0.717, 1.165) is 45.2 Å². The van der Waals surface area contributed by atoms with Crippen molar-refractivity contribution < 1.29 is 17.3 Å². The van der Waals surface area contributed by atoms with Crippen LogP contribution in [0.3, 0.4) is 0 Å². The first-order valence-electron chi connectivity index (χ1n) is 13.5. The molecule has 0 aromatic rings. The van der Waals surface area contributed by atoms with Gasteiger partial charge in [-0.15, -0.1) is 0 Å². The van der Waals surface area contributed by atoms with E-state index in [1.165, 1.54) is 25.5 Å². The van der Waals surface area contributed by atoms with Crippen molar-refractivity contribution in [3.8, 4) is 6.07 Å². The Kier molecular flexibility index (Phi) is 6.20. The van der Waals surface area contributed by atoms with Crippen molar-refractivity contribution in [1.82, 2.24) is 4.90 Å². The smallest absolute Gasteiger partial charge is 0.264 e. The fourth-order valence-corrected chi connectivity index (χ4v) is 10.2. The molecule has 0 aromatic carbocycles. The van der Waals surface area contributed by atoms with Gasteiger partial charge in [-0.3, -0.25) is 9.08 Å². The van der Waals surface area contributed by atoms with Crippen LogP contribution >= 0.6 is 0 Å². The number of fused-ring (bicyclic) bond motifs is 5. The van der Waals surface area contributed by atoms with Crippen LogP contribution in [-0.4, -0.2) is 57.0 Å². The zero-order valence-electron chi connectivity index (χ0n) is 21.8. The second-order valence-electron chi connectivity index (χ2n) is 13.4. The third-order valence-corrected chi connectivity index (χ3v) is 11.6. The highest BCUT2D eigenvalue weighted by Crippen LogP contribution is 2.67. The van der Waals surface area contributed by atoms with Gasteiger partial charge in [-0.05, 0) is 99.7 Å². The van der Waals surface area contributed by atoms with Crippen LogP contribution in [0, 0.1) is 51.8 Å². The van der Waals surface area contributed by atoms with Gasteiger partial charge in [-0.2, -0.15) is 13.7 Å². The lowest BCUT2D eigenvalue weighted by Gasteiger charge is -2.63. The number of hydrogen-bond acceptors (Lipinski definition) is 6. The Morgan fingerprint density at radius 1 is 1.03 bits per heavy atom. The van der Waals surface area contributed by atoms with Gasteiger partial charge in [0.1, 0.15) is 0 Å². The summed E-state index contributed by atoms with van der Waals surface area (Å²) >= 11 is 0. The number of morpholine rings is 1. The molecular formula is C27H44N2O4S. The predicted octanol–water partition coefficient (Wildman–Crippen LogP) is 4.60. The molecule has 5 fully saturated rings. The van der Waals surface area contributed by atoms with Crippen LogP contribution in [0.4, 0.5) is 0 Å². The van der Waals surface area contributed by atoms with E-state index < -0.39 is 10.1 Å². The molecule has 0 aromatic heterocycles. The van der Waals surface area contributed by atoms with E-state index in [1.807, 2.05) is 0 Å². The molecule has 5 rings (SSSR count). The summed E-state index contributed by atoms with van der Waals surface area (Å²) in [6, 6.07) is 2.76. The van der Waals surface area contributed by atoms with E-state index in [1.54, 1.807) is 0 Å². The van der Waals surface area contributed by atoms with Crippen LogP contribution in [0.15, 0.2) is 0 Å². The van der Waals surface area contributed by atoms with E-state index in [0.29, 0.717) is 30.3 Å². The molecule has 0 bridgehead atoms. The number of nitrogens with zero attached hydrogens (tertiary/aromatic N) is 2. The minimum Gasteiger partial charge on any atom is -0.373 e. The Balaban J connectivity index is 1.44. The summed E-state index contributed by atoms with van der Waals surface area (Å²) in [4.78, 5) is 2.47. The van der Waals surface area contributed by atoms with Gasteiger partial charge in [-0.25, -0.2) is 0 Å². The summed E-state index contributed by atoms with van der Waals surface area (Å²) < 4.78 is 36.3. The molecule has 7 heteroatoms. The van der Waals surface area contributed by atoms with Crippen LogP contribution in [0.5, 0.6) is 0 Å². The lowest BCUT2D eigenvalue weighted by atomic mass is 9.44. The summed E-state index contributed by atoms with van der Waals surface area (Å²) in [6.45, 7) is 11.5. The Labute approximate surface area is 206 Å². The van der Waals surface area contributed by atoms with Crippen molar-refractivity contribution in [3.63, 3.8) is 0 Å². The second-order valence-corrected chi connectivity index (χ2v) is 15.0. The first-order valence-corrected chi connectivity index (χ1v) is 15.3. The van der Waals surface area contributed by atoms with Crippen LogP contribution in [-0.2, 0) is 19.0 Å². The van der Waals surface area contributed by atoms with Crippen LogP contribution in [0.2, 0.25) is 0 Å². The fraction of sp³-hybridized carbons (Fsp3) is 0.963. The maximum atomic E-state index is 12.3. The lowest BCUT2D eigenvalue weighted by molar-refractivity contribution is -0.163. The average molecular weight is 493 g/mol. The van der Waals surface area contributed by atoms with Crippen LogP contribution in [0.25, 0.3) is 0 Å². The summed E-state index contributed by atoms with van der Waals surface area (Å²) in [5.41, 5.74) is 0.145. The van der Waals surface area contributed by atoms with Gasteiger partial charge >= 0.3 is 0 Å². The summed E-state index contributed by atoms with van der Waals surface area (Å²) in [6.07, 6.45) is 9.79. The largest absolute Gasteiger partial charge is 0.373 e. The van der Waals surface area contributed by atoms with Crippen molar-refractivity contribution in [3.05, 3.63) is 0 Å². The quantitative estimate of drug-likeness (QED) is 0.536. The molecule has 0 spiro atoms. The topological polar surface area (TPSA) is 79.6 Å². The molecule has 9 atom stereocenters. The van der Waals surface area contributed by atoms with Gasteiger partial charge in [0.25, 0.3) is 10.1 Å². The number of hydrogen-bond donors (Lipinski definition) is 0. The van der Waals surface area contributed by atoms with Crippen molar-refractivity contribution >= 4 is 10.1 Å². The Morgan fingerprint density at radius 3 is 2.44 bits per heavy atom. The van der Waals surface area contributed by atoms with E-state index in [2.05, 4.69) is 38.7 Å². The molecule has 0 unspecified atom stereocenters. The summed E-state index contributed by atoms with van der Waals surface area (Å²) in [5.74, 6) is 2.75. The SMILES string of the molecule is CC1(C)CN([C@H]2C[C@@]3(C)[C@@H](CC[C@@H]4[C@@H]3CC[C@]3(C)[C@@H](C#N)CC[C@@H]43)C[C@@H]2OS(C)(=O)=O)CCO1. The van der Waals surface area contributed by atoms with Crippen molar-refractivity contribution in [2.45, 2.75) is 96.8 Å². The molecule has 0 N–H and O–H groups in total. The fourth-order valence-electron chi connectivity index (χ4n) is 9.50. The molecule has 4 aliphatic carbocycles. The molecule has 192 valence electrons. The Bertz CT molecular complexity index is 945. The first kappa shape index (κ1) is 25.0. The van der Waals surface area contributed by atoms with Crippen molar-refractivity contribution in [2.24, 2.45) is 40.4 Å².